The molecule has 2 nitrogen and oxygen atoms in total. The normalized spacial score (nSPS) is 24.9. The van der Waals surface area contributed by atoms with Crippen molar-refractivity contribution in [2.24, 2.45) is 5.92 Å². The van der Waals surface area contributed by atoms with E-state index < -0.39 is 0 Å². The first-order valence-electron chi connectivity index (χ1n) is 5.93. The molecule has 1 heterocycles. The number of rotatable bonds is 3. The molecule has 0 radical (unpaired) electrons. The van der Waals surface area contributed by atoms with Crippen molar-refractivity contribution >= 4 is 15.9 Å². The van der Waals surface area contributed by atoms with Gasteiger partial charge in [0.2, 0.25) is 0 Å². The second kappa shape index (κ2) is 5.94. The van der Waals surface area contributed by atoms with Crippen LogP contribution in [0.15, 0.2) is 22.7 Å². The molecule has 0 amide bonds. The summed E-state index contributed by atoms with van der Waals surface area (Å²) in [5.74, 6) is 0.233. The van der Waals surface area contributed by atoms with E-state index in [9.17, 15) is 4.39 Å². The molecule has 0 aromatic heterocycles. The number of nitrogens with one attached hydrogen (secondary N) is 1. The van der Waals surface area contributed by atoms with Crippen LogP contribution in [0.4, 0.5) is 4.39 Å². The first-order chi connectivity index (χ1) is 8.22. The quantitative estimate of drug-likeness (QED) is 0.925. The molecule has 0 spiro atoms. The molecule has 0 bridgehead atoms. The van der Waals surface area contributed by atoms with Crippen molar-refractivity contribution in [1.82, 2.24) is 5.32 Å². The minimum Gasteiger partial charge on any atom is -0.373 e. The second-order valence-corrected chi connectivity index (χ2v) is 5.27. The molecule has 94 valence electrons. The Morgan fingerprint density at radius 1 is 1.53 bits per heavy atom. The fourth-order valence-corrected chi connectivity index (χ4v) is 2.97. The molecule has 2 rings (SSSR count). The van der Waals surface area contributed by atoms with Crippen LogP contribution in [0.25, 0.3) is 0 Å². The van der Waals surface area contributed by atoms with E-state index in [0.29, 0.717) is 5.92 Å². The average Bonchev–Trinajstić information content (AvgIpc) is 2.31. The molecule has 4 heteroatoms. The van der Waals surface area contributed by atoms with Gasteiger partial charge in [-0.3, -0.25) is 0 Å². The highest BCUT2D eigenvalue weighted by Gasteiger charge is 2.28. The van der Waals surface area contributed by atoms with Gasteiger partial charge in [-0.15, -0.1) is 0 Å². The highest BCUT2D eigenvalue weighted by Crippen LogP contribution is 2.36. The Morgan fingerprint density at radius 3 is 3.06 bits per heavy atom. The minimum absolute atomic E-state index is 0.0613. The number of hydrogen-bond donors (Lipinski definition) is 1. The predicted octanol–water partition coefficient (Wildman–Crippen LogP) is 3.28. The molecule has 1 N–H and O–H groups in total. The van der Waals surface area contributed by atoms with Crippen LogP contribution in [0.1, 0.15) is 24.5 Å². The van der Waals surface area contributed by atoms with Gasteiger partial charge in [-0.1, -0.05) is 22.0 Å². The summed E-state index contributed by atoms with van der Waals surface area (Å²) >= 11 is 3.42. The van der Waals surface area contributed by atoms with Crippen LogP contribution in [0.3, 0.4) is 0 Å². The Kier molecular flexibility index (Phi) is 4.54. The number of benzene rings is 1. The summed E-state index contributed by atoms with van der Waals surface area (Å²) < 4.78 is 19.7. The van der Waals surface area contributed by atoms with E-state index in [1.165, 1.54) is 12.1 Å². The second-order valence-electron chi connectivity index (χ2n) is 4.42. The zero-order valence-corrected chi connectivity index (χ0v) is 11.5. The van der Waals surface area contributed by atoms with Crippen LogP contribution >= 0.6 is 15.9 Å². The van der Waals surface area contributed by atoms with E-state index in [0.717, 1.165) is 36.0 Å². The van der Waals surface area contributed by atoms with E-state index in [1.54, 1.807) is 0 Å². The van der Waals surface area contributed by atoms with Gasteiger partial charge in [0.05, 0.1) is 6.10 Å². The van der Waals surface area contributed by atoms with Gasteiger partial charge in [-0.05, 0) is 37.6 Å². The Bertz CT molecular complexity index is 384. The molecule has 17 heavy (non-hydrogen) atoms. The van der Waals surface area contributed by atoms with E-state index >= 15 is 0 Å². The van der Waals surface area contributed by atoms with Gasteiger partial charge in [-0.25, -0.2) is 4.39 Å². The summed E-state index contributed by atoms with van der Waals surface area (Å²) in [5.41, 5.74) is 1.05. The molecule has 1 saturated heterocycles. The summed E-state index contributed by atoms with van der Waals surface area (Å²) in [6.07, 6.45) is 2.31. The smallest absolute Gasteiger partial charge is 0.124 e. The third-order valence-corrected chi connectivity index (χ3v) is 3.87. The lowest BCUT2D eigenvalue weighted by Crippen LogP contribution is -2.30. The fourth-order valence-electron chi connectivity index (χ4n) is 2.39. The number of ether oxygens (including phenoxy) is 1. The SMILES string of the molecule is CNCC1CCCOC1c1ccc(F)cc1Br. The van der Waals surface area contributed by atoms with Gasteiger partial charge in [0.25, 0.3) is 0 Å². The number of halogens is 2. The summed E-state index contributed by atoms with van der Waals surface area (Å²) in [6, 6.07) is 4.82. The van der Waals surface area contributed by atoms with Gasteiger partial charge in [0, 0.05) is 23.5 Å². The molecule has 0 aliphatic carbocycles. The van der Waals surface area contributed by atoms with Gasteiger partial charge in [-0.2, -0.15) is 0 Å². The van der Waals surface area contributed by atoms with Crippen molar-refractivity contribution in [3.63, 3.8) is 0 Å². The number of hydrogen-bond acceptors (Lipinski definition) is 2. The third-order valence-electron chi connectivity index (χ3n) is 3.18. The Balaban J connectivity index is 2.23. The molecule has 1 aliphatic heterocycles. The summed E-state index contributed by atoms with van der Waals surface area (Å²) in [6.45, 7) is 1.71. The van der Waals surface area contributed by atoms with Crippen molar-refractivity contribution in [3.8, 4) is 0 Å². The fraction of sp³-hybridized carbons (Fsp3) is 0.538. The monoisotopic (exact) mass is 301 g/mol. The van der Waals surface area contributed by atoms with Gasteiger partial charge in [0.1, 0.15) is 5.82 Å². The lowest BCUT2D eigenvalue weighted by Gasteiger charge is -2.32. The molecule has 1 fully saturated rings. The Hall–Kier alpha value is -0.450. The first-order valence-corrected chi connectivity index (χ1v) is 6.73. The third kappa shape index (κ3) is 3.06. The lowest BCUT2D eigenvalue weighted by molar-refractivity contribution is -0.0276. The van der Waals surface area contributed by atoms with Gasteiger partial charge < -0.3 is 10.1 Å². The van der Waals surface area contributed by atoms with Crippen molar-refractivity contribution in [2.45, 2.75) is 18.9 Å². The van der Waals surface area contributed by atoms with Gasteiger partial charge >= 0.3 is 0 Å². The minimum atomic E-state index is -0.221. The van der Waals surface area contributed by atoms with Crippen molar-refractivity contribution in [3.05, 3.63) is 34.1 Å². The molecule has 1 aliphatic rings. The van der Waals surface area contributed by atoms with E-state index in [-0.39, 0.29) is 11.9 Å². The largest absolute Gasteiger partial charge is 0.373 e. The zero-order valence-electron chi connectivity index (χ0n) is 9.88. The van der Waals surface area contributed by atoms with Crippen LogP contribution in [0.5, 0.6) is 0 Å². The molecule has 2 atom stereocenters. The lowest BCUT2D eigenvalue weighted by atomic mass is 9.89. The average molecular weight is 302 g/mol. The van der Waals surface area contributed by atoms with E-state index in [1.807, 2.05) is 13.1 Å². The van der Waals surface area contributed by atoms with Crippen LogP contribution in [-0.4, -0.2) is 20.2 Å². The van der Waals surface area contributed by atoms with E-state index in [2.05, 4.69) is 21.2 Å². The van der Waals surface area contributed by atoms with Crippen molar-refractivity contribution < 1.29 is 9.13 Å². The highest BCUT2D eigenvalue weighted by molar-refractivity contribution is 9.10. The van der Waals surface area contributed by atoms with Crippen molar-refractivity contribution in [2.75, 3.05) is 20.2 Å². The molecular weight excluding hydrogens is 285 g/mol. The molecule has 1 aromatic rings. The Morgan fingerprint density at radius 2 is 2.35 bits per heavy atom. The summed E-state index contributed by atoms with van der Waals surface area (Å²) in [5, 5.41) is 3.20. The maximum absolute atomic E-state index is 13.1. The van der Waals surface area contributed by atoms with Gasteiger partial charge in [0.15, 0.2) is 0 Å². The topological polar surface area (TPSA) is 21.3 Å². The van der Waals surface area contributed by atoms with Crippen LogP contribution in [-0.2, 0) is 4.74 Å². The Labute approximate surface area is 110 Å². The predicted molar refractivity (Wildman–Crippen MR) is 69.4 cm³/mol. The maximum atomic E-state index is 13.1. The first kappa shape index (κ1) is 13.0. The molecular formula is C13H17BrFNO. The van der Waals surface area contributed by atoms with Crippen molar-refractivity contribution in [1.29, 1.82) is 0 Å². The maximum Gasteiger partial charge on any atom is 0.124 e. The van der Waals surface area contributed by atoms with Crippen LogP contribution in [0.2, 0.25) is 0 Å². The summed E-state index contributed by atoms with van der Waals surface area (Å²) in [4.78, 5) is 0. The van der Waals surface area contributed by atoms with Crippen LogP contribution < -0.4 is 5.32 Å². The van der Waals surface area contributed by atoms with Crippen LogP contribution in [0, 0.1) is 11.7 Å². The zero-order chi connectivity index (χ0) is 12.3. The summed E-state index contributed by atoms with van der Waals surface area (Å²) in [7, 11) is 1.95. The highest BCUT2D eigenvalue weighted by atomic mass is 79.9. The molecule has 0 saturated carbocycles. The molecule has 2 unspecified atom stereocenters. The standard InChI is InChI=1S/C13H17BrFNO/c1-16-8-9-3-2-6-17-13(9)11-5-4-10(15)7-12(11)14/h4-5,7,9,13,16H,2-3,6,8H2,1H3. The molecule has 1 aromatic carbocycles. The van der Waals surface area contributed by atoms with E-state index in [4.69, 9.17) is 4.74 Å².